The molecular formula is C23H19Br2NO. The van der Waals surface area contributed by atoms with Crippen LogP contribution in [0.25, 0.3) is 0 Å². The van der Waals surface area contributed by atoms with E-state index in [1.165, 1.54) is 0 Å². The van der Waals surface area contributed by atoms with E-state index in [9.17, 15) is 4.79 Å². The number of hydrogen-bond donors (Lipinski definition) is 1. The Morgan fingerprint density at radius 1 is 0.704 bits per heavy atom. The van der Waals surface area contributed by atoms with Crippen molar-refractivity contribution < 1.29 is 4.79 Å². The Hall–Kier alpha value is -1.75. The highest BCUT2D eigenvalue weighted by molar-refractivity contribution is 9.10. The van der Waals surface area contributed by atoms with Crippen LogP contribution in [0, 0.1) is 0 Å². The second-order valence-electron chi connectivity index (χ2n) is 6.86. The molecular weight excluding hydrogens is 466 g/mol. The molecule has 4 rings (SSSR count). The van der Waals surface area contributed by atoms with E-state index in [0.29, 0.717) is 6.42 Å². The Morgan fingerprint density at radius 3 is 1.85 bits per heavy atom. The Bertz CT molecular complexity index is 923. The Balaban J connectivity index is 1.73. The second-order valence-corrected chi connectivity index (χ2v) is 8.69. The minimum atomic E-state index is -0.181. The number of ketones is 1. The van der Waals surface area contributed by atoms with Crippen LogP contribution in [-0.2, 0) is 4.79 Å². The zero-order chi connectivity index (χ0) is 18.8. The largest absolute Gasteiger partial charge is 0.302 e. The molecule has 3 aromatic carbocycles. The van der Waals surface area contributed by atoms with Crippen LogP contribution >= 0.6 is 31.9 Å². The van der Waals surface area contributed by atoms with Crippen molar-refractivity contribution in [3.8, 4) is 0 Å². The van der Waals surface area contributed by atoms with Gasteiger partial charge in [0.15, 0.2) is 0 Å². The molecule has 4 heteroatoms. The van der Waals surface area contributed by atoms with Gasteiger partial charge >= 0.3 is 0 Å². The summed E-state index contributed by atoms with van der Waals surface area (Å²) < 4.78 is 2.08. The molecule has 1 N–H and O–H groups in total. The summed E-state index contributed by atoms with van der Waals surface area (Å²) >= 11 is 6.99. The van der Waals surface area contributed by atoms with Crippen LogP contribution < -0.4 is 5.32 Å². The van der Waals surface area contributed by atoms with Crippen LogP contribution in [-0.4, -0.2) is 5.78 Å². The van der Waals surface area contributed by atoms with E-state index in [0.717, 1.165) is 25.6 Å². The van der Waals surface area contributed by atoms with E-state index < -0.39 is 0 Å². The number of Topliss-reactive ketones (excluding diaryl/α,β-unsaturated/α-hetero) is 1. The van der Waals surface area contributed by atoms with Gasteiger partial charge in [-0.25, -0.2) is 0 Å². The molecule has 0 aromatic heterocycles. The molecule has 0 aliphatic carbocycles. The highest BCUT2D eigenvalue weighted by atomic mass is 79.9. The van der Waals surface area contributed by atoms with Gasteiger partial charge in [-0.1, -0.05) is 86.5 Å². The lowest BCUT2D eigenvalue weighted by molar-refractivity contribution is -0.123. The van der Waals surface area contributed by atoms with Gasteiger partial charge in [0.25, 0.3) is 0 Å². The summed E-state index contributed by atoms with van der Waals surface area (Å²) in [5.41, 5.74) is 3.33. The van der Waals surface area contributed by atoms with E-state index >= 15 is 0 Å². The predicted molar refractivity (Wildman–Crippen MR) is 116 cm³/mol. The van der Waals surface area contributed by atoms with Crippen molar-refractivity contribution >= 4 is 37.6 Å². The van der Waals surface area contributed by atoms with E-state index in [-0.39, 0.29) is 23.8 Å². The summed E-state index contributed by atoms with van der Waals surface area (Å²) in [6.45, 7) is 0. The van der Waals surface area contributed by atoms with Gasteiger partial charge in [0.1, 0.15) is 5.78 Å². The van der Waals surface area contributed by atoms with Crippen LogP contribution in [0.1, 0.15) is 41.1 Å². The number of carbonyl (C=O) groups is 1. The van der Waals surface area contributed by atoms with E-state index in [1.54, 1.807) is 0 Å². The Morgan fingerprint density at radius 2 is 1.26 bits per heavy atom. The van der Waals surface area contributed by atoms with Crippen molar-refractivity contribution in [2.24, 2.45) is 0 Å². The predicted octanol–water partition coefficient (Wildman–Crippen LogP) is 6.34. The first kappa shape index (κ1) is 18.6. The molecule has 136 valence electrons. The minimum absolute atomic E-state index is 0.0132. The van der Waals surface area contributed by atoms with Crippen LogP contribution in [0.15, 0.2) is 87.8 Å². The molecule has 1 fully saturated rings. The molecule has 0 radical (unpaired) electrons. The number of carbonyl (C=O) groups excluding carboxylic acids is 1. The summed E-state index contributed by atoms with van der Waals surface area (Å²) in [5, 5.41) is 3.75. The molecule has 0 saturated carbocycles. The third-order valence-electron chi connectivity index (χ3n) is 5.13. The Kier molecular flexibility index (Phi) is 5.58. The lowest BCUT2D eigenvalue weighted by atomic mass is 9.77. The molecule has 1 aliphatic rings. The highest BCUT2D eigenvalue weighted by Gasteiger charge is 2.38. The fourth-order valence-corrected chi connectivity index (χ4v) is 4.32. The van der Waals surface area contributed by atoms with Gasteiger partial charge in [-0.15, -0.1) is 0 Å². The SMILES string of the molecule is O=C1C[C@@H](c2ccc(Br)cc2)N[C@@H](c2ccc(Br)cc2)[C@H]1c1ccccc1. The molecule has 2 nitrogen and oxygen atoms in total. The Labute approximate surface area is 176 Å². The van der Waals surface area contributed by atoms with Gasteiger partial charge in [0, 0.05) is 27.4 Å². The number of hydrogen-bond acceptors (Lipinski definition) is 2. The average Bonchev–Trinajstić information content (AvgIpc) is 2.69. The molecule has 0 unspecified atom stereocenters. The third kappa shape index (κ3) is 4.08. The highest BCUT2D eigenvalue weighted by Crippen LogP contribution is 2.41. The zero-order valence-electron chi connectivity index (χ0n) is 14.6. The molecule has 0 spiro atoms. The van der Waals surface area contributed by atoms with Crippen molar-refractivity contribution in [2.45, 2.75) is 24.4 Å². The van der Waals surface area contributed by atoms with Gasteiger partial charge in [-0.05, 0) is 41.0 Å². The first-order valence-corrected chi connectivity index (χ1v) is 10.5. The summed E-state index contributed by atoms with van der Waals surface area (Å²) in [4.78, 5) is 13.2. The molecule has 0 amide bonds. The maximum absolute atomic E-state index is 13.2. The van der Waals surface area contributed by atoms with Crippen molar-refractivity contribution in [3.05, 3.63) is 104 Å². The van der Waals surface area contributed by atoms with Crippen molar-refractivity contribution in [3.63, 3.8) is 0 Å². The maximum Gasteiger partial charge on any atom is 0.144 e. The fraction of sp³-hybridized carbons (Fsp3) is 0.174. The summed E-state index contributed by atoms with van der Waals surface area (Å²) in [5.74, 6) is 0.0971. The molecule has 0 bridgehead atoms. The van der Waals surface area contributed by atoms with E-state index in [1.807, 2.05) is 42.5 Å². The number of rotatable bonds is 3. The first-order chi connectivity index (χ1) is 13.1. The number of nitrogens with one attached hydrogen (secondary N) is 1. The van der Waals surface area contributed by atoms with Gasteiger partial charge in [0.05, 0.1) is 5.92 Å². The topological polar surface area (TPSA) is 29.1 Å². The standard InChI is InChI=1S/C23H19Br2NO/c24-18-10-6-15(7-11-18)20-14-21(27)22(16-4-2-1-3-5-16)23(26-20)17-8-12-19(25)13-9-17/h1-13,20,22-23,26H,14H2/t20-,22-,23-/m0/s1. The third-order valence-corrected chi connectivity index (χ3v) is 6.18. The summed E-state index contributed by atoms with van der Waals surface area (Å²) in [7, 11) is 0. The molecule has 27 heavy (non-hydrogen) atoms. The van der Waals surface area contributed by atoms with Crippen molar-refractivity contribution in [1.29, 1.82) is 0 Å². The molecule has 1 aliphatic heterocycles. The summed E-state index contributed by atoms with van der Waals surface area (Å²) in [6, 6.07) is 26.5. The molecule has 3 aromatic rings. The minimum Gasteiger partial charge on any atom is -0.302 e. The van der Waals surface area contributed by atoms with Crippen LogP contribution in [0.3, 0.4) is 0 Å². The monoisotopic (exact) mass is 483 g/mol. The number of benzene rings is 3. The maximum atomic E-state index is 13.2. The lowest BCUT2D eigenvalue weighted by Gasteiger charge is -2.37. The number of halogens is 2. The molecule has 3 atom stereocenters. The fourth-order valence-electron chi connectivity index (χ4n) is 3.79. The first-order valence-electron chi connectivity index (χ1n) is 8.96. The molecule has 1 saturated heterocycles. The van der Waals surface area contributed by atoms with Crippen LogP contribution in [0.2, 0.25) is 0 Å². The number of piperidine rings is 1. The van der Waals surface area contributed by atoms with Gasteiger partial charge in [-0.3, -0.25) is 4.79 Å². The second kappa shape index (κ2) is 8.09. The van der Waals surface area contributed by atoms with Crippen LogP contribution in [0.4, 0.5) is 0 Å². The van der Waals surface area contributed by atoms with Gasteiger partial charge in [-0.2, -0.15) is 0 Å². The summed E-state index contributed by atoms with van der Waals surface area (Å²) in [6.07, 6.45) is 0.494. The zero-order valence-corrected chi connectivity index (χ0v) is 17.8. The average molecular weight is 485 g/mol. The lowest BCUT2D eigenvalue weighted by Crippen LogP contribution is -2.41. The normalized spacial score (nSPS) is 22.6. The smallest absolute Gasteiger partial charge is 0.144 e. The van der Waals surface area contributed by atoms with E-state index in [2.05, 4.69) is 73.6 Å². The van der Waals surface area contributed by atoms with Crippen LogP contribution in [0.5, 0.6) is 0 Å². The quantitative estimate of drug-likeness (QED) is 0.469. The van der Waals surface area contributed by atoms with Crippen molar-refractivity contribution in [2.75, 3.05) is 0 Å². The van der Waals surface area contributed by atoms with Gasteiger partial charge < -0.3 is 5.32 Å². The molecule has 1 heterocycles. The van der Waals surface area contributed by atoms with Crippen molar-refractivity contribution in [1.82, 2.24) is 5.32 Å². The van der Waals surface area contributed by atoms with E-state index in [4.69, 9.17) is 0 Å². The van der Waals surface area contributed by atoms with Gasteiger partial charge in [0.2, 0.25) is 0 Å².